The topological polar surface area (TPSA) is 15.6 Å². The fraction of sp³-hybridized carbons (Fsp3) is 0.417. The molecule has 0 aliphatic heterocycles. The molecule has 2 heteroatoms. The second kappa shape index (κ2) is 5.43. The number of nitrogens with zero attached hydrogens (tertiary/aromatic N) is 2. The Labute approximate surface area is 86.3 Å². The maximum atomic E-state index is 3.92. The molecule has 0 spiro atoms. The minimum absolute atomic E-state index is 1.04. The second-order valence-corrected chi connectivity index (χ2v) is 3.31. The van der Waals surface area contributed by atoms with Crippen molar-refractivity contribution in [1.29, 1.82) is 0 Å². The quantitative estimate of drug-likeness (QED) is 0.493. The second-order valence-electron chi connectivity index (χ2n) is 3.31. The zero-order chi connectivity index (χ0) is 10.4. The van der Waals surface area contributed by atoms with E-state index in [9.17, 15) is 0 Å². The molecule has 76 valence electrons. The molecule has 0 aromatic rings. The average Bonchev–Trinajstić information content (AvgIpc) is 2.17. The summed E-state index contributed by atoms with van der Waals surface area (Å²) >= 11 is 0. The van der Waals surface area contributed by atoms with Gasteiger partial charge in [-0.2, -0.15) is 5.10 Å². The number of hydrogen-bond acceptors (Lipinski definition) is 2. The van der Waals surface area contributed by atoms with Gasteiger partial charge in [-0.1, -0.05) is 25.2 Å². The van der Waals surface area contributed by atoms with Crippen LogP contribution >= 0.6 is 0 Å². The van der Waals surface area contributed by atoms with Gasteiger partial charge in [0.25, 0.3) is 0 Å². The van der Waals surface area contributed by atoms with Crippen molar-refractivity contribution in [2.24, 2.45) is 5.10 Å². The summed E-state index contributed by atoms with van der Waals surface area (Å²) in [5.41, 5.74) is 2.50. The van der Waals surface area contributed by atoms with Crippen LogP contribution in [0.1, 0.15) is 26.2 Å². The first kappa shape index (κ1) is 10.8. The fourth-order valence-electron chi connectivity index (χ4n) is 1.54. The molecule has 2 nitrogen and oxygen atoms in total. The Bertz CT molecular complexity index is 285. The summed E-state index contributed by atoms with van der Waals surface area (Å²) in [5, 5.41) is 5.75. The molecule has 1 rings (SSSR count). The molecule has 0 aromatic heterocycles. The molecule has 0 atom stereocenters. The normalized spacial score (nSPS) is 26.1. The highest BCUT2D eigenvalue weighted by molar-refractivity contribution is 5.34. The highest BCUT2D eigenvalue weighted by atomic mass is 15.4. The van der Waals surface area contributed by atoms with Gasteiger partial charge in [-0.3, -0.25) is 5.01 Å². The Morgan fingerprint density at radius 2 is 2.29 bits per heavy atom. The van der Waals surface area contributed by atoms with E-state index in [0.717, 1.165) is 25.0 Å². The SMILES string of the molecule is C=NN(C)C1=C/C=C\CC/C=C\1CC. The zero-order valence-corrected chi connectivity index (χ0v) is 9.03. The van der Waals surface area contributed by atoms with Crippen molar-refractivity contribution in [2.45, 2.75) is 26.2 Å². The van der Waals surface area contributed by atoms with E-state index in [2.05, 4.69) is 43.0 Å². The summed E-state index contributed by atoms with van der Waals surface area (Å²) in [6, 6.07) is 0. The monoisotopic (exact) mass is 190 g/mol. The van der Waals surface area contributed by atoms with Crippen molar-refractivity contribution in [3.8, 4) is 0 Å². The lowest BCUT2D eigenvalue weighted by atomic mass is 10.0. The van der Waals surface area contributed by atoms with Crippen LogP contribution < -0.4 is 0 Å². The molecule has 14 heavy (non-hydrogen) atoms. The van der Waals surface area contributed by atoms with E-state index in [4.69, 9.17) is 0 Å². The van der Waals surface area contributed by atoms with Crippen LogP contribution in [0.25, 0.3) is 0 Å². The molecule has 0 amide bonds. The van der Waals surface area contributed by atoms with Gasteiger partial charge in [0.1, 0.15) is 0 Å². The largest absolute Gasteiger partial charge is 0.269 e. The van der Waals surface area contributed by atoms with Crippen LogP contribution in [0.15, 0.2) is 40.7 Å². The lowest BCUT2D eigenvalue weighted by molar-refractivity contribution is 0.455. The fourth-order valence-corrected chi connectivity index (χ4v) is 1.54. The first-order valence-electron chi connectivity index (χ1n) is 5.06. The number of likely N-dealkylation sites (N-methyl/N-ethyl adjacent to an activating group) is 1. The molecule has 0 fully saturated rings. The van der Waals surface area contributed by atoms with Crippen molar-refractivity contribution in [1.82, 2.24) is 5.01 Å². The molecule has 0 saturated carbocycles. The predicted octanol–water partition coefficient (Wildman–Crippen LogP) is 3.10. The van der Waals surface area contributed by atoms with Crippen molar-refractivity contribution in [2.75, 3.05) is 7.05 Å². The average molecular weight is 190 g/mol. The van der Waals surface area contributed by atoms with Gasteiger partial charge in [0.15, 0.2) is 0 Å². The van der Waals surface area contributed by atoms with Gasteiger partial charge in [-0.25, -0.2) is 0 Å². The standard InChI is InChI=1S/C12H18N2/c1-4-11-9-7-5-6-8-10-12(11)14(3)13-2/h6,8-10H,2,4-5,7H2,1,3H3/b8-6-,11-9-,12-10+. The molecule has 0 N–H and O–H groups in total. The van der Waals surface area contributed by atoms with Crippen molar-refractivity contribution in [3.63, 3.8) is 0 Å². The predicted molar refractivity (Wildman–Crippen MR) is 62.1 cm³/mol. The van der Waals surface area contributed by atoms with Crippen LogP contribution in [0.2, 0.25) is 0 Å². The van der Waals surface area contributed by atoms with E-state index < -0.39 is 0 Å². The van der Waals surface area contributed by atoms with E-state index in [0.29, 0.717) is 0 Å². The highest BCUT2D eigenvalue weighted by Crippen LogP contribution is 2.20. The van der Waals surface area contributed by atoms with Crippen LogP contribution in [0.4, 0.5) is 0 Å². The molecular formula is C12H18N2. The first-order valence-corrected chi connectivity index (χ1v) is 5.06. The van der Waals surface area contributed by atoms with Gasteiger partial charge in [0.2, 0.25) is 0 Å². The lowest BCUT2D eigenvalue weighted by Gasteiger charge is -2.19. The maximum Gasteiger partial charge on any atom is 0.0618 e. The Kier molecular flexibility index (Phi) is 4.17. The van der Waals surface area contributed by atoms with Crippen LogP contribution in [0.3, 0.4) is 0 Å². The third-order valence-corrected chi connectivity index (χ3v) is 2.38. The zero-order valence-electron chi connectivity index (χ0n) is 9.03. The van der Waals surface area contributed by atoms with Gasteiger partial charge < -0.3 is 0 Å². The summed E-state index contributed by atoms with van der Waals surface area (Å²) in [5.74, 6) is 0. The Balaban J connectivity index is 2.97. The van der Waals surface area contributed by atoms with Gasteiger partial charge in [-0.15, -0.1) is 0 Å². The molecule has 1 aliphatic rings. The molecular weight excluding hydrogens is 172 g/mol. The van der Waals surface area contributed by atoms with E-state index in [-0.39, 0.29) is 0 Å². The number of hydrogen-bond donors (Lipinski definition) is 0. The maximum absolute atomic E-state index is 3.92. The number of allylic oxidation sites excluding steroid dienone is 5. The molecule has 0 aromatic carbocycles. The molecule has 1 aliphatic carbocycles. The highest BCUT2D eigenvalue weighted by Gasteiger charge is 2.07. The Morgan fingerprint density at radius 3 is 2.93 bits per heavy atom. The summed E-state index contributed by atoms with van der Waals surface area (Å²) in [7, 11) is 1.93. The summed E-state index contributed by atoms with van der Waals surface area (Å²) in [6.45, 7) is 5.71. The molecule has 0 heterocycles. The van der Waals surface area contributed by atoms with Crippen LogP contribution in [-0.2, 0) is 0 Å². The molecule has 0 unspecified atom stereocenters. The lowest BCUT2D eigenvalue weighted by Crippen LogP contribution is -2.12. The Morgan fingerprint density at radius 1 is 1.50 bits per heavy atom. The van der Waals surface area contributed by atoms with E-state index >= 15 is 0 Å². The van der Waals surface area contributed by atoms with E-state index in [1.54, 1.807) is 0 Å². The number of rotatable bonds is 3. The minimum atomic E-state index is 1.04. The van der Waals surface area contributed by atoms with Gasteiger partial charge >= 0.3 is 0 Å². The van der Waals surface area contributed by atoms with Crippen molar-refractivity contribution in [3.05, 3.63) is 35.6 Å². The molecule has 0 saturated heterocycles. The smallest absolute Gasteiger partial charge is 0.0618 e. The van der Waals surface area contributed by atoms with Crippen LogP contribution in [-0.4, -0.2) is 18.8 Å². The van der Waals surface area contributed by atoms with Crippen molar-refractivity contribution < 1.29 is 0 Å². The van der Waals surface area contributed by atoms with E-state index in [1.807, 2.05) is 12.1 Å². The van der Waals surface area contributed by atoms with Gasteiger partial charge in [0.05, 0.1) is 5.70 Å². The minimum Gasteiger partial charge on any atom is -0.269 e. The molecule has 0 bridgehead atoms. The Hall–Kier alpha value is -1.31. The van der Waals surface area contributed by atoms with Gasteiger partial charge in [-0.05, 0) is 30.9 Å². The number of hydrazone groups is 1. The van der Waals surface area contributed by atoms with Crippen LogP contribution in [0.5, 0.6) is 0 Å². The molecule has 0 radical (unpaired) electrons. The summed E-state index contributed by atoms with van der Waals surface area (Å²) in [6.07, 6.45) is 11.9. The third kappa shape index (κ3) is 2.59. The van der Waals surface area contributed by atoms with E-state index in [1.165, 1.54) is 5.57 Å². The summed E-state index contributed by atoms with van der Waals surface area (Å²) in [4.78, 5) is 0. The summed E-state index contributed by atoms with van der Waals surface area (Å²) < 4.78 is 0. The van der Waals surface area contributed by atoms with Crippen molar-refractivity contribution >= 4 is 6.72 Å². The van der Waals surface area contributed by atoms with Gasteiger partial charge in [0, 0.05) is 13.8 Å². The first-order chi connectivity index (χ1) is 6.79. The third-order valence-electron chi connectivity index (χ3n) is 2.38. The van der Waals surface area contributed by atoms with Crippen LogP contribution in [0, 0.1) is 0 Å².